The van der Waals surface area contributed by atoms with Gasteiger partial charge in [-0.05, 0) is 102 Å². The van der Waals surface area contributed by atoms with E-state index in [4.69, 9.17) is 14.2 Å². The van der Waals surface area contributed by atoms with Crippen LogP contribution in [0.4, 0.5) is 0 Å². The van der Waals surface area contributed by atoms with Crippen LogP contribution in [-0.2, 0) is 31.5 Å². The topological polar surface area (TPSA) is 85.2 Å². The molecule has 288 valence electrons. The van der Waals surface area contributed by atoms with E-state index < -0.39 is 17.7 Å². The Bertz CT molecular complexity index is 1750. The van der Waals surface area contributed by atoms with Crippen molar-refractivity contribution in [3.63, 3.8) is 0 Å². The van der Waals surface area contributed by atoms with Gasteiger partial charge < -0.3 is 24.4 Å². The molecule has 1 aliphatic heterocycles. The fraction of sp³-hybridized carbons (Fsp3) is 0.457. The molecule has 0 spiro atoms. The lowest BCUT2D eigenvalue weighted by atomic mass is 9.75. The normalized spacial score (nSPS) is 17.2. The van der Waals surface area contributed by atoms with Crippen molar-refractivity contribution in [3.8, 4) is 17.2 Å². The lowest BCUT2D eigenvalue weighted by Gasteiger charge is -2.35. The van der Waals surface area contributed by atoms with Gasteiger partial charge in [0.25, 0.3) is 0 Å². The number of hydrogen-bond acceptors (Lipinski definition) is 7. The molecule has 0 bridgehead atoms. The molecule has 53 heavy (non-hydrogen) atoms. The molecule has 2 N–H and O–H groups in total. The SMILES string of the molecule is CC.CC(C)C.Cc1cc(C(C)(C)c2ccc(Oc3ccc(Sc4ccc(O)cc4)cc3)c(CC(=O)O[C@]3(C)COCC(O)C3)c2)ccc1C(C)(C)C. The Morgan fingerprint density at radius 3 is 1.98 bits per heavy atom. The van der Waals surface area contributed by atoms with Gasteiger partial charge in [0, 0.05) is 27.2 Å². The van der Waals surface area contributed by atoms with Crippen molar-refractivity contribution in [3.05, 3.63) is 113 Å². The predicted octanol–water partition coefficient (Wildman–Crippen LogP) is 11.6. The Morgan fingerprint density at radius 1 is 0.887 bits per heavy atom. The van der Waals surface area contributed by atoms with Gasteiger partial charge >= 0.3 is 5.97 Å². The van der Waals surface area contributed by atoms with Gasteiger partial charge in [0.1, 0.15) is 22.8 Å². The van der Waals surface area contributed by atoms with E-state index in [0.717, 1.165) is 21.3 Å². The number of rotatable bonds is 9. The van der Waals surface area contributed by atoms with Crippen LogP contribution >= 0.6 is 11.8 Å². The lowest BCUT2D eigenvalue weighted by Crippen LogP contribution is -2.46. The highest BCUT2D eigenvalue weighted by Gasteiger charge is 2.36. The smallest absolute Gasteiger partial charge is 0.311 e. The molecule has 2 atom stereocenters. The average molecular weight is 743 g/mol. The van der Waals surface area contributed by atoms with Crippen molar-refractivity contribution in [1.82, 2.24) is 0 Å². The third kappa shape index (κ3) is 12.9. The number of phenols is 1. The van der Waals surface area contributed by atoms with Crippen LogP contribution in [0.5, 0.6) is 17.2 Å². The summed E-state index contributed by atoms with van der Waals surface area (Å²) in [5.41, 5.74) is 4.34. The van der Waals surface area contributed by atoms with Crippen LogP contribution in [0.25, 0.3) is 0 Å². The number of aliphatic hydroxyl groups excluding tert-OH is 1. The zero-order chi connectivity index (χ0) is 39.6. The van der Waals surface area contributed by atoms with Crippen molar-refractivity contribution in [1.29, 1.82) is 0 Å². The molecule has 1 fully saturated rings. The van der Waals surface area contributed by atoms with E-state index in [-0.39, 0.29) is 36.2 Å². The summed E-state index contributed by atoms with van der Waals surface area (Å²) in [5, 5.41) is 19.7. The standard InChI is InChI=1S/C40H46O6S.C4H10.C2H6/c1-26-20-28(8-18-35(26)38(2,3)4)39(5,6)29-9-19-36(27(21-29)22-37(43)46-40(7)23-31(42)24-44-25-40)45-32-12-16-34(17-13-32)47-33-14-10-30(41)11-15-33;1-4(2)3;1-2/h8-21,31,41-42H,22-25H2,1-7H3;4H,1-3H3;1-2H3/t31?,40-;;/m0../s1. The third-order valence-electron chi connectivity index (χ3n) is 8.74. The molecule has 0 amide bonds. The number of aryl methyl sites for hydroxylation is 1. The molecule has 0 aliphatic carbocycles. The number of esters is 1. The van der Waals surface area contributed by atoms with Gasteiger partial charge in [0.05, 0.1) is 25.7 Å². The summed E-state index contributed by atoms with van der Waals surface area (Å²) in [6.45, 7) is 26.0. The minimum Gasteiger partial charge on any atom is -0.508 e. The number of aromatic hydroxyl groups is 1. The molecule has 5 rings (SSSR count). The first-order chi connectivity index (χ1) is 24.8. The molecule has 0 radical (unpaired) electrons. The zero-order valence-electron chi connectivity index (χ0n) is 34.0. The number of aliphatic hydroxyl groups is 1. The fourth-order valence-electron chi connectivity index (χ4n) is 6.18. The first-order valence-electron chi connectivity index (χ1n) is 18.8. The summed E-state index contributed by atoms with van der Waals surface area (Å²) in [6, 6.07) is 27.6. The summed E-state index contributed by atoms with van der Waals surface area (Å²) < 4.78 is 17.8. The van der Waals surface area contributed by atoms with Crippen LogP contribution in [0.3, 0.4) is 0 Å². The molecule has 0 saturated carbocycles. The Balaban J connectivity index is 0.00000118. The molecule has 7 heteroatoms. The highest BCUT2D eigenvalue weighted by molar-refractivity contribution is 7.99. The highest BCUT2D eigenvalue weighted by atomic mass is 32.2. The van der Waals surface area contributed by atoms with E-state index in [9.17, 15) is 15.0 Å². The Kier molecular flexibility index (Phi) is 15.6. The van der Waals surface area contributed by atoms with Gasteiger partial charge in [-0.1, -0.05) is 111 Å². The molecule has 1 unspecified atom stereocenters. The second-order valence-corrected chi connectivity index (χ2v) is 17.2. The molecular weight excluding hydrogens is 681 g/mol. The van der Waals surface area contributed by atoms with E-state index in [2.05, 4.69) is 86.6 Å². The van der Waals surface area contributed by atoms with Crippen LogP contribution in [0.1, 0.15) is 110 Å². The first-order valence-corrected chi connectivity index (χ1v) is 19.6. The van der Waals surface area contributed by atoms with Crippen molar-refractivity contribution in [2.75, 3.05) is 13.2 Å². The Labute approximate surface area is 323 Å². The molecule has 0 aromatic heterocycles. The molecule has 6 nitrogen and oxygen atoms in total. The molecule has 1 heterocycles. The van der Waals surface area contributed by atoms with E-state index in [0.29, 0.717) is 23.5 Å². The maximum Gasteiger partial charge on any atom is 0.311 e. The highest BCUT2D eigenvalue weighted by Crippen LogP contribution is 2.38. The van der Waals surface area contributed by atoms with Gasteiger partial charge in [-0.15, -0.1) is 0 Å². The monoisotopic (exact) mass is 742 g/mol. The second-order valence-electron chi connectivity index (χ2n) is 16.1. The summed E-state index contributed by atoms with van der Waals surface area (Å²) in [7, 11) is 0. The van der Waals surface area contributed by atoms with E-state index >= 15 is 0 Å². The summed E-state index contributed by atoms with van der Waals surface area (Å²) in [6.07, 6.45) is -0.345. The number of carbonyl (C=O) groups is 1. The molecule has 4 aromatic rings. The maximum absolute atomic E-state index is 13.4. The molecule has 4 aromatic carbocycles. The maximum atomic E-state index is 13.4. The van der Waals surface area contributed by atoms with Crippen LogP contribution in [0.2, 0.25) is 0 Å². The van der Waals surface area contributed by atoms with Crippen molar-refractivity contribution in [2.24, 2.45) is 5.92 Å². The van der Waals surface area contributed by atoms with Gasteiger partial charge in [0.15, 0.2) is 0 Å². The largest absolute Gasteiger partial charge is 0.508 e. The lowest BCUT2D eigenvalue weighted by molar-refractivity contribution is -0.180. The number of ether oxygens (including phenoxy) is 3. The van der Waals surface area contributed by atoms with Gasteiger partial charge in [0.2, 0.25) is 0 Å². The van der Waals surface area contributed by atoms with E-state index in [1.54, 1.807) is 30.8 Å². The number of benzene rings is 4. The van der Waals surface area contributed by atoms with Crippen molar-refractivity contribution < 1.29 is 29.2 Å². The summed E-state index contributed by atoms with van der Waals surface area (Å²) in [4.78, 5) is 15.5. The number of phenolic OH excluding ortho intramolecular Hbond substituents is 1. The first kappa shape index (κ1) is 43.6. The van der Waals surface area contributed by atoms with Gasteiger partial charge in [-0.25, -0.2) is 0 Å². The van der Waals surface area contributed by atoms with Crippen molar-refractivity contribution in [2.45, 2.75) is 128 Å². The third-order valence-corrected chi connectivity index (χ3v) is 9.76. The van der Waals surface area contributed by atoms with Crippen LogP contribution < -0.4 is 4.74 Å². The summed E-state index contributed by atoms with van der Waals surface area (Å²) in [5.74, 6) is 1.88. The van der Waals surface area contributed by atoms with Crippen LogP contribution in [0.15, 0.2) is 94.7 Å². The Hall–Kier alpha value is -3.78. The number of carbonyl (C=O) groups excluding carboxylic acids is 1. The van der Waals surface area contributed by atoms with Gasteiger partial charge in [-0.3, -0.25) is 4.79 Å². The predicted molar refractivity (Wildman–Crippen MR) is 219 cm³/mol. The second kappa shape index (κ2) is 19.0. The minimum absolute atomic E-state index is 0.00170. The van der Waals surface area contributed by atoms with Crippen LogP contribution in [0, 0.1) is 12.8 Å². The van der Waals surface area contributed by atoms with E-state index in [1.807, 2.05) is 62.4 Å². The van der Waals surface area contributed by atoms with Gasteiger partial charge in [-0.2, -0.15) is 0 Å². The zero-order valence-corrected chi connectivity index (χ0v) is 34.8. The van der Waals surface area contributed by atoms with Crippen molar-refractivity contribution >= 4 is 17.7 Å². The Morgan fingerprint density at radius 2 is 1.43 bits per heavy atom. The molecular formula is C46H62O6S. The molecule has 1 saturated heterocycles. The fourth-order valence-corrected chi connectivity index (χ4v) is 7.00. The quantitative estimate of drug-likeness (QED) is 0.165. The summed E-state index contributed by atoms with van der Waals surface area (Å²) >= 11 is 1.59. The van der Waals surface area contributed by atoms with Crippen LogP contribution in [-0.4, -0.2) is 41.1 Å². The average Bonchev–Trinajstić information content (AvgIpc) is 3.07. The van der Waals surface area contributed by atoms with E-state index in [1.165, 1.54) is 16.7 Å². The molecule has 1 aliphatic rings. The number of hydrogen-bond donors (Lipinski definition) is 2. The minimum atomic E-state index is -0.899.